The average Bonchev–Trinajstić information content (AvgIpc) is 2.91. The normalized spacial score (nSPS) is 17.7. The maximum atomic E-state index is 8.82. The van der Waals surface area contributed by atoms with E-state index < -0.39 is 0 Å². The summed E-state index contributed by atoms with van der Waals surface area (Å²) in [7, 11) is 6.02. The molecule has 0 aliphatic carbocycles. The third-order valence-electron chi connectivity index (χ3n) is 3.33. The van der Waals surface area contributed by atoms with Crippen molar-refractivity contribution in [3.05, 3.63) is 47.5 Å². The van der Waals surface area contributed by atoms with Gasteiger partial charge in [0.05, 0.1) is 24.0 Å². The molecule has 17 heavy (non-hydrogen) atoms. The van der Waals surface area contributed by atoms with Crippen molar-refractivity contribution >= 4 is 13.3 Å². The van der Waals surface area contributed by atoms with Gasteiger partial charge in [-0.1, -0.05) is 17.6 Å². The van der Waals surface area contributed by atoms with Crippen molar-refractivity contribution in [3.63, 3.8) is 0 Å². The van der Waals surface area contributed by atoms with Gasteiger partial charge in [0.2, 0.25) is 0 Å². The molecule has 1 atom stereocenters. The first-order chi connectivity index (χ1) is 8.29. The molecule has 1 aliphatic heterocycles. The first-order valence-electron chi connectivity index (χ1n) is 5.60. The summed E-state index contributed by atoms with van der Waals surface area (Å²) >= 11 is 0. The van der Waals surface area contributed by atoms with Gasteiger partial charge >= 0.3 is 0 Å². The van der Waals surface area contributed by atoms with Crippen molar-refractivity contribution in [2.45, 2.75) is 18.9 Å². The van der Waals surface area contributed by atoms with E-state index in [1.165, 1.54) is 5.69 Å². The van der Waals surface area contributed by atoms with Gasteiger partial charge in [-0.2, -0.15) is 5.26 Å². The summed E-state index contributed by atoms with van der Waals surface area (Å²) < 4.78 is 2.16. The molecule has 0 fully saturated rings. The maximum absolute atomic E-state index is 8.82. The van der Waals surface area contributed by atoms with Crippen LogP contribution in [-0.4, -0.2) is 17.4 Å². The number of rotatable bonds is 1. The van der Waals surface area contributed by atoms with Crippen LogP contribution in [0.25, 0.3) is 0 Å². The van der Waals surface area contributed by atoms with Gasteiger partial charge in [0.25, 0.3) is 0 Å². The molecule has 1 aromatic carbocycles. The molecule has 1 unspecified atom stereocenters. The van der Waals surface area contributed by atoms with Crippen LogP contribution in [0.15, 0.2) is 30.7 Å². The number of hydrogen-bond donors (Lipinski definition) is 0. The van der Waals surface area contributed by atoms with Gasteiger partial charge in [-0.3, -0.25) is 0 Å². The van der Waals surface area contributed by atoms with Gasteiger partial charge in [-0.15, -0.1) is 0 Å². The van der Waals surface area contributed by atoms with Crippen molar-refractivity contribution in [2.75, 3.05) is 0 Å². The molecule has 1 aliphatic rings. The maximum Gasteiger partial charge on any atom is 0.114 e. The zero-order valence-electron chi connectivity index (χ0n) is 9.30. The largest absolute Gasteiger partial charge is 0.327 e. The van der Waals surface area contributed by atoms with E-state index in [4.69, 9.17) is 13.1 Å². The lowest BCUT2D eigenvalue weighted by atomic mass is 9.85. The Hall–Kier alpha value is -2.02. The van der Waals surface area contributed by atoms with Gasteiger partial charge in [-0.05, 0) is 24.5 Å². The summed E-state index contributed by atoms with van der Waals surface area (Å²) in [6.07, 6.45) is 5.84. The Morgan fingerprint density at radius 3 is 3.12 bits per heavy atom. The molecular weight excluding hydrogens is 209 g/mol. The van der Waals surface area contributed by atoms with Crippen LogP contribution < -0.4 is 5.46 Å². The Morgan fingerprint density at radius 1 is 1.47 bits per heavy atom. The summed E-state index contributed by atoms with van der Waals surface area (Å²) in [6.45, 7) is 0. The standard InChI is InChI=1S/C13H10BN3/c14-12-5-9(6-15)1-3-11(12)13-4-2-10-7-16-8-17(10)13/h1,3,5,7-8,13H,2,4H2. The minimum absolute atomic E-state index is 0.264. The smallest absolute Gasteiger partial charge is 0.114 e. The van der Waals surface area contributed by atoms with Gasteiger partial charge in [0, 0.05) is 11.9 Å². The monoisotopic (exact) mass is 219 g/mol. The number of imidazole rings is 1. The predicted octanol–water partition coefficient (Wildman–Crippen LogP) is 1.08. The highest BCUT2D eigenvalue weighted by molar-refractivity contribution is 6.33. The Kier molecular flexibility index (Phi) is 2.26. The fourth-order valence-corrected chi connectivity index (χ4v) is 2.48. The average molecular weight is 219 g/mol. The fourth-order valence-electron chi connectivity index (χ4n) is 2.48. The highest BCUT2D eigenvalue weighted by Gasteiger charge is 2.23. The van der Waals surface area contributed by atoms with Crippen LogP contribution in [0.3, 0.4) is 0 Å². The number of hydrogen-bond acceptors (Lipinski definition) is 2. The Morgan fingerprint density at radius 2 is 2.35 bits per heavy atom. The second kappa shape index (κ2) is 3.78. The molecule has 0 amide bonds. The van der Waals surface area contributed by atoms with Gasteiger partial charge in [-0.25, -0.2) is 4.98 Å². The van der Waals surface area contributed by atoms with Gasteiger partial charge in [0.15, 0.2) is 0 Å². The summed E-state index contributed by atoms with van der Waals surface area (Å²) in [4.78, 5) is 4.15. The zero-order valence-corrected chi connectivity index (χ0v) is 9.30. The SMILES string of the molecule is [B]c1cc(C#N)ccc1C1CCc2cncn21. The second-order valence-corrected chi connectivity index (χ2v) is 4.30. The molecule has 3 rings (SSSR count). The number of benzene rings is 1. The van der Waals surface area contributed by atoms with Crippen LogP contribution >= 0.6 is 0 Å². The zero-order chi connectivity index (χ0) is 11.8. The lowest BCUT2D eigenvalue weighted by Crippen LogP contribution is -2.17. The van der Waals surface area contributed by atoms with Crippen LogP contribution in [0.5, 0.6) is 0 Å². The first kappa shape index (κ1) is 10.2. The van der Waals surface area contributed by atoms with E-state index >= 15 is 0 Å². The molecule has 0 spiro atoms. The van der Waals surface area contributed by atoms with Gasteiger partial charge in [0.1, 0.15) is 7.85 Å². The molecule has 4 heteroatoms. The Labute approximate surface area is 101 Å². The van der Waals surface area contributed by atoms with Crippen molar-refractivity contribution in [1.82, 2.24) is 9.55 Å². The molecule has 0 N–H and O–H groups in total. The van der Waals surface area contributed by atoms with Crippen LogP contribution in [-0.2, 0) is 6.42 Å². The molecule has 0 saturated carbocycles. The Balaban J connectivity index is 2.05. The molecule has 2 radical (unpaired) electrons. The molecular formula is C13H10BN3. The van der Waals surface area contributed by atoms with E-state index in [9.17, 15) is 0 Å². The summed E-state index contributed by atoms with van der Waals surface area (Å²) in [5, 5.41) is 8.82. The van der Waals surface area contributed by atoms with E-state index in [-0.39, 0.29) is 6.04 Å². The third-order valence-corrected chi connectivity index (χ3v) is 3.33. The highest BCUT2D eigenvalue weighted by atomic mass is 15.1. The van der Waals surface area contributed by atoms with E-state index in [1.807, 2.05) is 24.7 Å². The van der Waals surface area contributed by atoms with Crippen molar-refractivity contribution < 1.29 is 0 Å². The van der Waals surface area contributed by atoms with Crippen molar-refractivity contribution in [1.29, 1.82) is 5.26 Å². The van der Waals surface area contributed by atoms with Crippen LogP contribution in [0.2, 0.25) is 0 Å². The number of fused-ring (bicyclic) bond motifs is 1. The number of aromatic nitrogens is 2. The van der Waals surface area contributed by atoms with Crippen LogP contribution in [0, 0.1) is 11.3 Å². The fraction of sp³-hybridized carbons (Fsp3) is 0.231. The lowest BCUT2D eigenvalue weighted by molar-refractivity contribution is 0.619. The number of nitrogens with zero attached hydrogens (tertiary/aromatic N) is 3. The lowest BCUT2D eigenvalue weighted by Gasteiger charge is -2.16. The van der Waals surface area contributed by atoms with Crippen molar-refractivity contribution in [3.8, 4) is 6.07 Å². The van der Waals surface area contributed by atoms with E-state index in [0.29, 0.717) is 11.0 Å². The predicted molar refractivity (Wildman–Crippen MR) is 65.2 cm³/mol. The minimum atomic E-state index is 0.264. The van der Waals surface area contributed by atoms with E-state index in [1.54, 1.807) is 6.07 Å². The highest BCUT2D eigenvalue weighted by Crippen LogP contribution is 2.30. The minimum Gasteiger partial charge on any atom is -0.327 e. The third kappa shape index (κ3) is 1.55. The summed E-state index contributed by atoms with van der Waals surface area (Å²) in [6, 6.07) is 7.88. The number of aryl methyl sites for hydroxylation is 1. The molecule has 0 saturated heterocycles. The van der Waals surface area contributed by atoms with Crippen LogP contribution in [0.4, 0.5) is 0 Å². The molecule has 2 heterocycles. The topological polar surface area (TPSA) is 41.6 Å². The summed E-state index contributed by atoms with van der Waals surface area (Å²) in [5.74, 6) is 0. The van der Waals surface area contributed by atoms with Crippen LogP contribution in [0.1, 0.15) is 29.3 Å². The molecule has 0 bridgehead atoms. The number of nitriles is 1. The Bertz CT molecular complexity index is 609. The summed E-state index contributed by atoms with van der Waals surface area (Å²) in [5.41, 5.74) is 3.63. The van der Waals surface area contributed by atoms with E-state index in [2.05, 4.69) is 15.6 Å². The van der Waals surface area contributed by atoms with E-state index in [0.717, 1.165) is 18.4 Å². The quantitative estimate of drug-likeness (QED) is 0.673. The van der Waals surface area contributed by atoms with Crippen molar-refractivity contribution in [2.24, 2.45) is 0 Å². The molecule has 80 valence electrons. The molecule has 1 aromatic heterocycles. The second-order valence-electron chi connectivity index (χ2n) is 4.30. The molecule has 2 aromatic rings. The van der Waals surface area contributed by atoms with Gasteiger partial charge < -0.3 is 4.57 Å². The molecule has 3 nitrogen and oxygen atoms in total. The first-order valence-corrected chi connectivity index (χ1v) is 5.60.